The first-order valence-electron chi connectivity index (χ1n) is 10.2. The predicted octanol–water partition coefficient (Wildman–Crippen LogP) is 6.11. The number of benzene rings is 4. The van der Waals surface area contributed by atoms with Gasteiger partial charge in [-0.15, -0.1) is 0 Å². The third-order valence-corrected chi connectivity index (χ3v) is 5.28. The molecule has 0 fully saturated rings. The van der Waals surface area contributed by atoms with Crippen molar-refractivity contribution in [2.45, 2.75) is 18.6 Å². The predicted molar refractivity (Wildman–Crippen MR) is 121 cm³/mol. The molecule has 2 atom stereocenters. The smallest absolute Gasteiger partial charge is 0.408 e. The van der Waals surface area contributed by atoms with Crippen LogP contribution in [0.5, 0.6) is 0 Å². The molecule has 4 rings (SSSR count). The Morgan fingerprint density at radius 3 is 2.23 bits per heavy atom. The highest BCUT2D eigenvalue weighted by Gasteiger charge is 2.28. The first-order valence-corrected chi connectivity index (χ1v) is 10.2. The molecule has 1 amide bonds. The molecule has 0 unspecified atom stereocenters. The van der Waals surface area contributed by atoms with Gasteiger partial charge in [-0.1, -0.05) is 103 Å². The fourth-order valence-electron chi connectivity index (χ4n) is 3.76. The molecule has 0 saturated heterocycles. The molecule has 0 aliphatic heterocycles. The minimum atomic E-state index is -0.585. The molecule has 0 radical (unpaired) electrons. The van der Waals surface area contributed by atoms with E-state index < -0.39 is 18.1 Å². The van der Waals surface area contributed by atoms with E-state index in [-0.39, 0.29) is 6.61 Å². The van der Waals surface area contributed by atoms with Crippen LogP contribution >= 0.6 is 0 Å². The van der Waals surface area contributed by atoms with Crippen LogP contribution in [0.2, 0.25) is 0 Å². The number of alkyl carbamates (subject to hydrolysis) is 1. The van der Waals surface area contributed by atoms with Crippen molar-refractivity contribution >= 4 is 16.9 Å². The van der Waals surface area contributed by atoms with E-state index in [0.29, 0.717) is 0 Å². The van der Waals surface area contributed by atoms with E-state index in [1.165, 1.54) is 0 Å². The molecule has 0 aromatic heterocycles. The molecule has 4 aromatic carbocycles. The molecule has 0 heterocycles. The number of nitriles is 1. The second-order valence-electron chi connectivity index (χ2n) is 7.27. The van der Waals surface area contributed by atoms with Gasteiger partial charge in [-0.25, -0.2) is 4.79 Å². The lowest BCUT2D eigenvalue weighted by atomic mass is 9.85. The Balaban J connectivity index is 1.64. The summed E-state index contributed by atoms with van der Waals surface area (Å²) in [6.45, 7) is 0.166. The van der Waals surface area contributed by atoms with Gasteiger partial charge in [-0.3, -0.25) is 0 Å². The lowest BCUT2D eigenvalue weighted by Gasteiger charge is -2.25. The van der Waals surface area contributed by atoms with Gasteiger partial charge in [-0.2, -0.15) is 5.26 Å². The Kier molecular flexibility index (Phi) is 6.25. The number of amides is 1. The number of carbonyl (C=O) groups is 1. The van der Waals surface area contributed by atoms with Crippen LogP contribution in [-0.4, -0.2) is 6.09 Å². The van der Waals surface area contributed by atoms with E-state index in [1.807, 2.05) is 103 Å². The summed E-state index contributed by atoms with van der Waals surface area (Å²) in [7, 11) is 0. The Morgan fingerprint density at radius 1 is 0.839 bits per heavy atom. The summed E-state index contributed by atoms with van der Waals surface area (Å²) in [5.74, 6) is -0.585. The Bertz CT molecular complexity index is 1190. The van der Waals surface area contributed by atoms with Crippen molar-refractivity contribution < 1.29 is 9.53 Å². The molecule has 4 nitrogen and oxygen atoms in total. The van der Waals surface area contributed by atoms with Crippen LogP contribution in [-0.2, 0) is 11.3 Å². The highest BCUT2D eigenvalue weighted by molar-refractivity contribution is 5.86. The van der Waals surface area contributed by atoms with Crippen LogP contribution < -0.4 is 5.32 Å². The highest BCUT2D eigenvalue weighted by atomic mass is 16.5. The molecular formula is C27H22N2O2. The van der Waals surface area contributed by atoms with E-state index in [0.717, 1.165) is 27.5 Å². The maximum Gasteiger partial charge on any atom is 0.408 e. The molecule has 0 saturated carbocycles. The number of carbonyl (C=O) groups excluding carboxylic acids is 1. The Morgan fingerprint density at radius 2 is 1.48 bits per heavy atom. The second-order valence-corrected chi connectivity index (χ2v) is 7.27. The molecule has 4 heteroatoms. The van der Waals surface area contributed by atoms with Gasteiger partial charge < -0.3 is 10.1 Å². The van der Waals surface area contributed by atoms with Gasteiger partial charge in [-0.05, 0) is 27.5 Å². The number of hydrogen-bond donors (Lipinski definition) is 1. The molecule has 0 aliphatic carbocycles. The lowest BCUT2D eigenvalue weighted by molar-refractivity contribution is 0.135. The van der Waals surface area contributed by atoms with Crippen molar-refractivity contribution in [3.8, 4) is 6.07 Å². The van der Waals surface area contributed by atoms with Crippen molar-refractivity contribution in [3.05, 3.63) is 120 Å². The van der Waals surface area contributed by atoms with E-state index in [1.54, 1.807) is 0 Å². The third kappa shape index (κ3) is 4.73. The quantitative estimate of drug-likeness (QED) is 0.420. The van der Waals surface area contributed by atoms with E-state index in [9.17, 15) is 10.1 Å². The molecule has 0 spiro atoms. The highest BCUT2D eigenvalue weighted by Crippen LogP contribution is 2.34. The standard InChI is InChI=1S/C27H22N2O2/c28-18-25(24-17-9-15-21-12-7-8-16-23(21)24)26(22-13-5-2-6-14-22)29-27(30)31-19-20-10-3-1-4-11-20/h1-17,25-26H,19H2,(H,29,30)/t25-,26+/m0/s1. The van der Waals surface area contributed by atoms with Crippen molar-refractivity contribution in [3.63, 3.8) is 0 Å². The van der Waals surface area contributed by atoms with Crippen LogP contribution in [0.3, 0.4) is 0 Å². The van der Waals surface area contributed by atoms with Crippen LogP contribution in [0.1, 0.15) is 28.7 Å². The Hall–Kier alpha value is -4.10. The summed E-state index contributed by atoms with van der Waals surface area (Å²) < 4.78 is 5.44. The van der Waals surface area contributed by atoms with Gasteiger partial charge in [0, 0.05) is 0 Å². The maximum atomic E-state index is 12.7. The molecule has 0 bridgehead atoms. The van der Waals surface area contributed by atoms with Crippen molar-refractivity contribution in [2.24, 2.45) is 0 Å². The van der Waals surface area contributed by atoms with Crippen LogP contribution in [0, 0.1) is 11.3 Å². The summed E-state index contributed by atoms with van der Waals surface area (Å²) in [5.41, 5.74) is 2.62. The summed E-state index contributed by atoms with van der Waals surface area (Å²) in [6, 6.07) is 34.8. The normalized spacial score (nSPS) is 12.5. The number of nitrogens with zero attached hydrogens (tertiary/aromatic N) is 1. The fraction of sp³-hybridized carbons (Fsp3) is 0.111. The minimum absolute atomic E-state index is 0.166. The van der Waals surface area contributed by atoms with Crippen molar-refractivity contribution in [2.75, 3.05) is 0 Å². The first kappa shape index (κ1) is 20.2. The second kappa shape index (κ2) is 9.60. The number of nitrogens with one attached hydrogen (secondary N) is 1. The van der Waals surface area contributed by atoms with Crippen molar-refractivity contribution in [1.82, 2.24) is 5.32 Å². The molecule has 0 aliphatic rings. The van der Waals surface area contributed by atoms with Crippen LogP contribution in [0.25, 0.3) is 10.8 Å². The van der Waals surface area contributed by atoms with Gasteiger partial charge in [0.15, 0.2) is 0 Å². The van der Waals surface area contributed by atoms with Crippen LogP contribution in [0.15, 0.2) is 103 Å². The first-order chi connectivity index (χ1) is 15.3. The van der Waals surface area contributed by atoms with Gasteiger partial charge in [0.25, 0.3) is 0 Å². The van der Waals surface area contributed by atoms with E-state index in [2.05, 4.69) is 11.4 Å². The molecule has 152 valence electrons. The molecule has 4 aromatic rings. The summed E-state index contributed by atoms with van der Waals surface area (Å²) in [6.07, 6.45) is -0.557. The molecular weight excluding hydrogens is 384 g/mol. The van der Waals surface area contributed by atoms with Gasteiger partial charge in [0.2, 0.25) is 0 Å². The lowest BCUT2D eigenvalue weighted by Crippen LogP contribution is -2.32. The van der Waals surface area contributed by atoms with Gasteiger partial charge in [0.1, 0.15) is 6.61 Å². The van der Waals surface area contributed by atoms with E-state index in [4.69, 9.17) is 4.74 Å². The van der Waals surface area contributed by atoms with Crippen LogP contribution in [0.4, 0.5) is 4.79 Å². The summed E-state index contributed by atoms with van der Waals surface area (Å²) in [4.78, 5) is 12.7. The zero-order valence-corrected chi connectivity index (χ0v) is 16.9. The fourth-order valence-corrected chi connectivity index (χ4v) is 3.76. The maximum absolute atomic E-state index is 12.7. The SMILES string of the molecule is N#C[C@@H](c1cccc2ccccc12)[C@H](NC(=O)OCc1ccccc1)c1ccccc1. The average molecular weight is 406 g/mol. The number of hydrogen-bond acceptors (Lipinski definition) is 3. The number of fused-ring (bicyclic) bond motifs is 1. The third-order valence-electron chi connectivity index (χ3n) is 5.28. The molecule has 31 heavy (non-hydrogen) atoms. The minimum Gasteiger partial charge on any atom is -0.445 e. The summed E-state index contributed by atoms with van der Waals surface area (Å²) >= 11 is 0. The van der Waals surface area contributed by atoms with Gasteiger partial charge >= 0.3 is 6.09 Å². The van der Waals surface area contributed by atoms with E-state index >= 15 is 0 Å². The average Bonchev–Trinajstić information content (AvgIpc) is 2.84. The Labute approximate surface area is 181 Å². The van der Waals surface area contributed by atoms with Crippen molar-refractivity contribution in [1.29, 1.82) is 5.26 Å². The summed E-state index contributed by atoms with van der Waals surface area (Å²) in [5, 5.41) is 15.1. The largest absolute Gasteiger partial charge is 0.445 e. The zero-order chi connectivity index (χ0) is 21.5. The monoisotopic (exact) mass is 406 g/mol. The molecule has 1 N–H and O–H groups in total. The number of rotatable bonds is 6. The topological polar surface area (TPSA) is 62.1 Å². The van der Waals surface area contributed by atoms with Gasteiger partial charge in [0.05, 0.1) is 18.0 Å². The number of ether oxygens (including phenoxy) is 1. The zero-order valence-electron chi connectivity index (χ0n) is 16.9.